The Morgan fingerprint density at radius 1 is 1.16 bits per heavy atom. The van der Waals surface area contributed by atoms with Crippen molar-refractivity contribution in [3.63, 3.8) is 0 Å². The molecule has 6 nitrogen and oxygen atoms in total. The second-order valence-electron chi connectivity index (χ2n) is 8.02. The first-order valence-corrected chi connectivity index (χ1v) is 11.0. The van der Waals surface area contributed by atoms with E-state index in [0.717, 1.165) is 24.2 Å². The second-order valence-corrected chi connectivity index (χ2v) is 8.43. The number of aromatic nitrogens is 3. The molecule has 1 N–H and O–H groups in total. The molecule has 0 spiro atoms. The first-order chi connectivity index (χ1) is 15.0. The number of halogens is 1. The topological polar surface area (TPSA) is 71.0 Å². The minimum atomic E-state index is -0.0803. The Kier molecular flexibility index (Phi) is 6.47. The number of likely N-dealkylation sites (tertiary alicyclic amines) is 1. The van der Waals surface area contributed by atoms with E-state index in [1.807, 2.05) is 42.3 Å². The number of anilines is 1. The maximum absolute atomic E-state index is 13.8. The van der Waals surface area contributed by atoms with Crippen LogP contribution in [-0.2, 0) is 0 Å². The van der Waals surface area contributed by atoms with Gasteiger partial charge in [-0.25, -0.2) is 15.0 Å². The first-order valence-electron chi connectivity index (χ1n) is 10.6. The Labute approximate surface area is 187 Å². The lowest BCUT2D eigenvalue weighted by molar-refractivity contribution is 0.0541. The third kappa shape index (κ3) is 4.69. The van der Waals surface area contributed by atoms with Gasteiger partial charge in [0, 0.05) is 37.2 Å². The van der Waals surface area contributed by atoms with Crippen LogP contribution in [-0.4, -0.2) is 44.9 Å². The standard InChI is InChI=1S/C24H26ClN5O/c1-16-9-10-21(28-14-16)29-15-20-17(2)6-4-13-30(20)24(31)22-18(7-3-8-19(22)25)23-26-11-5-12-27-23/h3,5,7-12,14,17,20H,4,6,13,15H2,1-2H3,(H,28,29)/t17-,20-/m1/s1. The van der Waals surface area contributed by atoms with Gasteiger partial charge in [-0.15, -0.1) is 0 Å². The average molecular weight is 436 g/mol. The molecular formula is C24H26ClN5O. The van der Waals surface area contributed by atoms with E-state index in [9.17, 15) is 4.79 Å². The summed E-state index contributed by atoms with van der Waals surface area (Å²) < 4.78 is 0. The summed E-state index contributed by atoms with van der Waals surface area (Å²) in [7, 11) is 0. The van der Waals surface area contributed by atoms with Gasteiger partial charge in [-0.05, 0) is 49.4 Å². The largest absolute Gasteiger partial charge is 0.368 e. The number of pyridine rings is 1. The molecule has 3 aromatic rings. The van der Waals surface area contributed by atoms with Crippen molar-refractivity contribution in [2.75, 3.05) is 18.4 Å². The minimum Gasteiger partial charge on any atom is -0.368 e. The molecule has 0 radical (unpaired) electrons. The van der Waals surface area contributed by atoms with E-state index >= 15 is 0 Å². The summed E-state index contributed by atoms with van der Waals surface area (Å²) in [6.45, 7) is 5.53. The molecule has 1 aromatic carbocycles. The number of hydrogen-bond acceptors (Lipinski definition) is 5. The predicted octanol–water partition coefficient (Wildman–Crippen LogP) is 4.85. The Morgan fingerprint density at radius 3 is 2.71 bits per heavy atom. The highest BCUT2D eigenvalue weighted by atomic mass is 35.5. The summed E-state index contributed by atoms with van der Waals surface area (Å²) in [5, 5.41) is 3.82. The van der Waals surface area contributed by atoms with Crippen LogP contribution < -0.4 is 5.32 Å². The number of nitrogens with one attached hydrogen (secondary N) is 1. The summed E-state index contributed by atoms with van der Waals surface area (Å²) >= 11 is 6.54. The average Bonchev–Trinajstić information content (AvgIpc) is 2.79. The Morgan fingerprint density at radius 2 is 1.97 bits per heavy atom. The number of amides is 1. The summed E-state index contributed by atoms with van der Waals surface area (Å²) in [5.74, 6) is 1.58. The molecular weight excluding hydrogens is 410 g/mol. The van der Waals surface area contributed by atoms with Gasteiger partial charge < -0.3 is 10.2 Å². The van der Waals surface area contributed by atoms with Crippen LogP contribution in [0.4, 0.5) is 5.82 Å². The highest BCUT2D eigenvalue weighted by Gasteiger charge is 2.34. The molecule has 0 aliphatic carbocycles. The second kappa shape index (κ2) is 9.43. The van der Waals surface area contributed by atoms with Gasteiger partial charge in [-0.3, -0.25) is 4.79 Å². The lowest BCUT2D eigenvalue weighted by atomic mass is 9.89. The van der Waals surface area contributed by atoms with Crippen molar-refractivity contribution >= 4 is 23.3 Å². The highest BCUT2D eigenvalue weighted by Crippen LogP contribution is 2.32. The third-order valence-corrected chi connectivity index (χ3v) is 6.13. The molecule has 4 rings (SSSR count). The number of benzene rings is 1. The normalized spacial score (nSPS) is 18.6. The number of carbonyl (C=O) groups is 1. The summed E-state index contributed by atoms with van der Waals surface area (Å²) in [6, 6.07) is 11.2. The number of rotatable bonds is 5. The van der Waals surface area contributed by atoms with Crippen molar-refractivity contribution < 1.29 is 4.79 Å². The van der Waals surface area contributed by atoms with Crippen molar-refractivity contribution in [3.05, 3.63) is 71.1 Å². The Balaban J connectivity index is 1.62. The van der Waals surface area contributed by atoms with Crippen LogP contribution in [0.3, 0.4) is 0 Å². The van der Waals surface area contributed by atoms with E-state index in [1.54, 1.807) is 24.5 Å². The predicted molar refractivity (Wildman–Crippen MR) is 123 cm³/mol. The van der Waals surface area contributed by atoms with Gasteiger partial charge in [0.2, 0.25) is 0 Å². The van der Waals surface area contributed by atoms with Crippen LogP contribution >= 0.6 is 11.6 Å². The van der Waals surface area contributed by atoms with E-state index < -0.39 is 0 Å². The van der Waals surface area contributed by atoms with Crippen LogP contribution in [0.1, 0.15) is 35.7 Å². The van der Waals surface area contributed by atoms with Gasteiger partial charge in [0.05, 0.1) is 16.6 Å². The Hall–Kier alpha value is -2.99. The maximum atomic E-state index is 13.8. The number of aryl methyl sites for hydroxylation is 1. The number of carbonyl (C=O) groups excluding carboxylic acids is 1. The smallest absolute Gasteiger partial charge is 0.256 e. The molecule has 0 bridgehead atoms. The zero-order chi connectivity index (χ0) is 21.8. The monoisotopic (exact) mass is 435 g/mol. The van der Waals surface area contributed by atoms with Gasteiger partial charge >= 0.3 is 0 Å². The molecule has 0 unspecified atom stereocenters. The van der Waals surface area contributed by atoms with Gasteiger partial charge in [0.15, 0.2) is 5.82 Å². The Bertz CT molecular complexity index is 1040. The molecule has 2 atom stereocenters. The van der Waals surface area contributed by atoms with Gasteiger partial charge in [0.1, 0.15) is 5.82 Å². The van der Waals surface area contributed by atoms with E-state index in [1.165, 1.54) is 0 Å². The van der Waals surface area contributed by atoms with Crippen LogP contribution in [0.25, 0.3) is 11.4 Å². The summed E-state index contributed by atoms with van der Waals surface area (Å²) in [6.07, 6.45) is 7.22. The lowest BCUT2D eigenvalue weighted by Crippen LogP contribution is -2.51. The minimum absolute atomic E-state index is 0.0326. The molecule has 2 aromatic heterocycles. The molecule has 0 saturated carbocycles. The van der Waals surface area contributed by atoms with Crippen molar-refractivity contribution in [2.24, 2.45) is 5.92 Å². The lowest BCUT2D eigenvalue weighted by Gasteiger charge is -2.40. The number of piperidine rings is 1. The third-order valence-electron chi connectivity index (χ3n) is 5.81. The fourth-order valence-corrected chi connectivity index (χ4v) is 4.36. The maximum Gasteiger partial charge on any atom is 0.256 e. The first kappa shape index (κ1) is 21.2. The van der Waals surface area contributed by atoms with E-state index in [0.29, 0.717) is 41.0 Å². The van der Waals surface area contributed by atoms with E-state index in [2.05, 4.69) is 27.2 Å². The van der Waals surface area contributed by atoms with Crippen LogP contribution in [0.2, 0.25) is 5.02 Å². The van der Waals surface area contributed by atoms with Gasteiger partial charge in [-0.2, -0.15) is 0 Å². The molecule has 1 fully saturated rings. The SMILES string of the molecule is Cc1ccc(NC[C@@H]2[C@H](C)CCCN2C(=O)c2c(Cl)cccc2-c2ncccn2)nc1. The molecule has 1 aliphatic rings. The van der Waals surface area contributed by atoms with E-state index in [-0.39, 0.29) is 11.9 Å². The zero-order valence-electron chi connectivity index (χ0n) is 17.8. The van der Waals surface area contributed by atoms with E-state index in [4.69, 9.17) is 11.6 Å². The van der Waals surface area contributed by atoms with Crippen LogP contribution in [0, 0.1) is 12.8 Å². The van der Waals surface area contributed by atoms with Crippen molar-refractivity contribution in [1.82, 2.24) is 19.9 Å². The molecule has 1 saturated heterocycles. The molecule has 160 valence electrons. The molecule has 31 heavy (non-hydrogen) atoms. The van der Waals surface area contributed by atoms with Crippen molar-refractivity contribution in [1.29, 1.82) is 0 Å². The fraction of sp³-hybridized carbons (Fsp3) is 0.333. The summed E-state index contributed by atoms with van der Waals surface area (Å²) in [5.41, 5.74) is 2.23. The van der Waals surface area contributed by atoms with Crippen LogP contribution in [0.15, 0.2) is 55.0 Å². The van der Waals surface area contributed by atoms with Crippen molar-refractivity contribution in [2.45, 2.75) is 32.7 Å². The molecule has 1 aliphatic heterocycles. The quantitative estimate of drug-likeness (QED) is 0.620. The number of hydrogen-bond donors (Lipinski definition) is 1. The van der Waals surface area contributed by atoms with Gasteiger partial charge in [0.25, 0.3) is 5.91 Å². The molecule has 7 heteroatoms. The van der Waals surface area contributed by atoms with Crippen LogP contribution in [0.5, 0.6) is 0 Å². The van der Waals surface area contributed by atoms with Crippen molar-refractivity contribution in [3.8, 4) is 11.4 Å². The number of nitrogens with zero attached hydrogens (tertiary/aromatic N) is 4. The highest BCUT2D eigenvalue weighted by molar-refractivity contribution is 6.34. The fourth-order valence-electron chi connectivity index (χ4n) is 4.10. The van der Waals surface area contributed by atoms with Gasteiger partial charge in [-0.1, -0.05) is 36.7 Å². The summed E-state index contributed by atoms with van der Waals surface area (Å²) in [4.78, 5) is 28.8. The molecule has 3 heterocycles. The molecule has 1 amide bonds. The zero-order valence-corrected chi connectivity index (χ0v) is 18.5.